The normalized spacial score (nSPS) is 42.9. The lowest BCUT2D eigenvalue weighted by molar-refractivity contribution is -0.361. The number of carbonyl (C=O) groups excluding carboxylic acids is 4. The van der Waals surface area contributed by atoms with Crippen LogP contribution in [-0.4, -0.2) is 179 Å². The Hall–Kier alpha value is -4.98. The summed E-state index contributed by atoms with van der Waals surface area (Å²) in [4.78, 5) is 53.8. The standard InChI is InChI=1S/C38H54O10Si.C32H40O10/c1-10-28-44-30-29-22(5)25(40)20-38(42,35(29,7)8)33(46-34(41)24-17-15-14-16-18-24)31-36(9,32(30)45-28)26(48-49(11-2,12-3)13-4)19-27-37(31,21-43-27)47-23(6)39;1-7-22-39-24-23-16(2)19(34)14-32(37,29(23,4)5)27(41-28(36)18-11-9-8-10-12-18)25-30(6,26(24)40-22)20(35)13-21-31(25,15-38-21)42-17(3)33/h10,14-18,25-28,30-33,40,42H,1,11-13,19-21H2,2-9H3;7-12,19-22,24-27,34-35,37H,1,13-15H2,2-6H3/t25?,26?,27?,28?,30?,31?,32?,33?,36-,37?,38?;19-,20-,21+,22?,24+,25-,26+,27-,30+,31-,32+/m10/s1. The van der Waals surface area contributed by atoms with Gasteiger partial charge in [0.05, 0.1) is 72.8 Å². The molecule has 10 aliphatic rings. The van der Waals surface area contributed by atoms with E-state index in [4.69, 9.17) is 51.8 Å². The Morgan fingerprint density at radius 3 is 1.34 bits per heavy atom. The first-order chi connectivity index (χ1) is 42.8. The van der Waals surface area contributed by atoms with E-state index < -0.39 is 174 Å². The summed E-state index contributed by atoms with van der Waals surface area (Å²) in [6, 6.07) is 19.7. The van der Waals surface area contributed by atoms with E-state index in [1.165, 1.54) is 19.9 Å². The predicted molar refractivity (Wildman–Crippen MR) is 332 cm³/mol. The highest BCUT2D eigenvalue weighted by Gasteiger charge is 2.81. The van der Waals surface area contributed by atoms with Gasteiger partial charge in [-0.25, -0.2) is 9.59 Å². The van der Waals surface area contributed by atoms with E-state index >= 15 is 0 Å². The summed E-state index contributed by atoms with van der Waals surface area (Å²) in [7, 11) is -2.32. The van der Waals surface area contributed by atoms with Crippen molar-refractivity contribution in [3.8, 4) is 0 Å². The molecule has 8 fully saturated rings. The van der Waals surface area contributed by atoms with Gasteiger partial charge in [0.15, 0.2) is 32.1 Å². The van der Waals surface area contributed by atoms with Crippen LogP contribution in [0.2, 0.25) is 18.1 Å². The van der Waals surface area contributed by atoms with Gasteiger partial charge in [0.1, 0.15) is 47.8 Å². The van der Waals surface area contributed by atoms with Crippen molar-refractivity contribution in [3.05, 3.63) is 119 Å². The highest BCUT2D eigenvalue weighted by Crippen LogP contribution is 2.69. The molecule has 12 rings (SSSR count). The van der Waals surface area contributed by atoms with E-state index in [-0.39, 0.29) is 38.0 Å². The van der Waals surface area contributed by atoms with Crippen LogP contribution in [0.5, 0.6) is 0 Å². The molecule has 6 aliphatic carbocycles. The van der Waals surface area contributed by atoms with Gasteiger partial charge in [-0.05, 0) is 90.7 Å². The molecule has 0 radical (unpaired) electrons. The zero-order valence-electron chi connectivity index (χ0n) is 54.8. The minimum atomic E-state index is -2.32. The molecule has 498 valence electrons. The van der Waals surface area contributed by atoms with E-state index in [2.05, 4.69) is 40.9 Å². The first-order valence-electron chi connectivity index (χ1n) is 32.4. The first kappa shape index (κ1) is 67.4. The molecule has 4 aliphatic heterocycles. The smallest absolute Gasteiger partial charge is 0.338 e. The molecular formula is C70H94O20Si. The Bertz CT molecular complexity index is 3230. The van der Waals surface area contributed by atoms with Gasteiger partial charge in [0, 0.05) is 61.2 Å². The number of carbonyl (C=O) groups is 4. The average molecular weight is 1280 g/mol. The zero-order valence-corrected chi connectivity index (χ0v) is 55.8. The molecule has 4 heterocycles. The summed E-state index contributed by atoms with van der Waals surface area (Å²) in [6.45, 7) is 32.0. The molecule has 0 spiro atoms. The van der Waals surface area contributed by atoms with Crippen molar-refractivity contribution in [1.82, 2.24) is 0 Å². The van der Waals surface area contributed by atoms with Gasteiger partial charge in [-0.2, -0.15) is 0 Å². The van der Waals surface area contributed by atoms with Gasteiger partial charge >= 0.3 is 23.9 Å². The Morgan fingerprint density at radius 2 is 0.978 bits per heavy atom. The van der Waals surface area contributed by atoms with Crippen molar-refractivity contribution < 1.29 is 96.5 Å². The third-order valence-corrected chi connectivity index (χ3v) is 28.7. The second-order valence-electron chi connectivity index (χ2n) is 28.8. The summed E-state index contributed by atoms with van der Waals surface area (Å²) in [5, 5.41) is 61.5. The molecule has 11 unspecified atom stereocenters. The Morgan fingerprint density at radius 1 is 0.593 bits per heavy atom. The minimum absolute atomic E-state index is 0.0332. The van der Waals surface area contributed by atoms with Crippen LogP contribution in [0.3, 0.4) is 0 Å². The van der Waals surface area contributed by atoms with Crippen LogP contribution < -0.4 is 0 Å². The lowest BCUT2D eigenvalue weighted by Gasteiger charge is -2.69. The maximum absolute atomic E-state index is 14.2. The Balaban J connectivity index is 0.000000189. The fourth-order valence-corrected chi connectivity index (χ4v) is 21.6. The lowest BCUT2D eigenvalue weighted by atomic mass is 9.44. The summed E-state index contributed by atoms with van der Waals surface area (Å²) < 4.78 is 71.5. The number of fused-ring (bicyclic) bond motifs is 16. The van der Waals surface area contributed by atoms with Gasteiger partial charge in [0.25, 0.3) is 0 Å². The molecule has 2 aromatic carbocycles. The average Bonchev–Trinajstić information content (AvgIpc) is 1.57. The van der Waals surface area contributed by atoms with Crippen molar-refractivity contribution in [1.29, 1.82) is 0 Å². The first-order valence-corrected chi connectivity index (χ1v) is 34.9. The molecule has 2 aromatic rings. The van der Waals surface area contributed by atoms with E-state index in [1.807, 2.05) is 47.6 Å². The number of rotatable bonds is 13. The molecule has 5 N–H and O–H groups in total. The van der Waals surface area contributed by atoms with Crippen molar-refractivity contribution in [2.75, 3.05) is 13.2 Å². The second-order valence-corrected chi connectivity index (χ2v) is 33.5. The summed E-state index contributed by atoms with van der Waals surface area (Å²) in [6.07, 6.45) is -9.19. The van der Waals surface area contributed by atoms with Crippen LogP contribution in [0.25, 0.3) is 0 Å². The van der Waals surface area contributed by atoms with Gasteiger partial charge in [-0.3, -0.25) is 9.59 Å². The largest absolute Gasteiger partial charge is 0.455 e. The van der Waals surface area contributed by atoms with Gasteiger partial charge < -0.3 is 77.3 Å². The summed E-state index contributed by atoms with van der Waals surface area (Å²) >= 11 is 0. The van der Waals surface area contributed by atoms with Crippen molar-refractivity contribution in [2.45, 2.75) is 242 Å². The fourth-order valence-electron chi connectivity index (χ4n) is 18.7. The number of aliphatic hydroxyl groups excluding tert-OH is 3. The SMILES string of the molecule is C=CC1OC2C3=C(C)C(O)CC(O)(C(OC(=O)c4ccccc4)C4C5(OC(C)=O)COC5CC(O[Si](CC)(CC)CC)[C@@]4(C)C2O1)C3(C)C.C=CC1O[C@@H]2C3=C(C)[C@@H](O)C[C@@](O)([C@@H](OC(=O)c4ccccc4)[C@@H]4[C@]5(OC(C)=O)CO[C@@H]5C[C@H](O)[C@@]4(C)[C@@H]2O1)C3(C)C. The van der Waals surface area contributed by atoms with Gasteiger partial charge in [0.2, 0.25) is 0 Å². The molecule has 20 nitrogen and oxygen atoms in total. The molecule has 91 heavy (non-hydrogen) atoms. The monoisotopic (exact) mass is 1280 g/mol. The number of ether oxygens (including phenoxy) is 10. The predicted octanol–water partition coefficient (Wildman–Crippen LogP) is 7.93. The molecule has 21 heteroatoms. The van der Waals surface area contributed by atoms with E-state index in [9.17, 15) is 44.7 Å². The molecule has 0 aromatic heterocycles. The van der Waals surface area contributed by atoms with Crippen LogP contribution >= 0.6 is 0 Å². The third-order valence-electron chi connectivity index (χ3n) is 24.0. The number of esters is 4. The zero-order chi connectivity index (χ0) is 66.1. The molecule has 0 amide bonds. The molecular weight excluding hydrogens is 1190 g/mol. The van der Waals surface area contributed by atoms with Crippen LogP contribution in [0, 0.1) is 33.5 Å². The maximum Gasteiger partial charge on any atom is 0.338 e. The van der Waals surface area contributed by atoms with E-state index in [1.54, 1.807) is 67.6 Å². The molecule has 22 atom stereocenters. The number of hydrogen-bond donors (Lipinski definition) is 5. The third kappa shape index (κ3) is 9.92. The Kier molecular flexibility index (Phi) is 17.6. The van der Waals surface area contributed by atoms with Gasteiger partial charge in [-0.15, -0.1) is 0 Å². The second kappa shape index (κ2) is 23.7. The summed E-state index contributed by atoms with van der Waals surface area (Å²) in [5.74, 6) is -4.36. The molecule has 4 bridgehead atoms. The van der Waals surface area contributed by atoms with Crippen molar-refractivity contribution >= 4 is 32.2 Å². The lowest BCUT2D eigenvalue weighted by Crippen LogP contribution is -2.82. The van der Waals surface area contributed by atoms with Crippen LogP contribution in [-0.2, 0) is 61.4 Å². The minimum Gasteiger partial charge on any atom is -0.455 e. The number of hydrogen-bond acceptors (Lipinski definition) is 20. The molecule has 4 saturated carbocycles. The summed E-state index contributed by atoms with van der Waals surface area (Å²) in [5.41, 5.74) is -7.87. The molecule has 4 saturated heterocycles. The maximum atomic E-state index is 14.2. The highest BCUT2D eigenvalue weighted by atomic mass is 28.4. The number of aliphatic hydroxyl groups is 5. The van der Waals surface area contributed by atoms with E-state index in [0.717, 1.165) is 18.1 Å². The highest BCUT2D eigenvalue weighted by molar-refractivity contribution is 6.73. The van der Waals surface area contributed by atoms with E-state index in [0.29, 0.717) is 34.3 Å². The van der Waals surface area contributed by atoms with Crippen LogP contribution in [0.1, 0.15) is 136 Å². The van der Waals surface area contributed by atoms with Gasteiger partial charge in [-0.1, -0.05) is 112 Å². The quantitative estimate of drug-likeness (QED) is 0.0551. The topological polar surface area (TPSA) is 271 Å². The van der Waals surface area contributed by atoms with Crippen molar-refractivity contribution in [2.24, 2.45) is 33.5 Å². The van der Waals surface area contributed by atoms with Crippen LogP contribution in [0.15, 0.2) is 108 Å². The Labute approximate surface area is 534 Å². The van der Waals surface area contributed by atoms with Crippen LogP contribution in [0.4, 0.5) is 0 Å². The van der Waals surface area contributed by atoms with Crippen molar-refractivity contribution in [3.63, 3.8) is 0 Å². The number of benzene rings is 2. The fraction of sp³-hybridized carbons (Fsp3) is 0.657.